The zero-order chi connectivity index (χ0) is 14.8. The molecule has 7 atom stereocenters. The van der Waals surface area contributed by atoms with Gasteiger partial charge in [0, 0.05) is 34.7 Å². The molecule has 7 unspecified atom stereocenters. The van der Waals surface area contributed by atoms with Gasteiger partial charge >= 0.3 is 0 Å². The van der Waals surface area contributed by atoms with Gasteiger partial charge in [0.05, 0.1) is 0 Å². The Bertz CT molecular complexity index is 601. The monoisotopic (exact) mass is 360 g/mol. The first-order chi connectivity index (χ1) is 10.7. The maximum absolute atomic E-state index is 3.94. The minimum Gasteiger partial charge on any atom is -0.381 e. The largest absolute Gasteiger partial charge is 0.381 e. The van der Waals surface area contributed by atoms with E-state index in [2.05, 4.69) is 51.3 Å². The normalized spacial score (nSPS) is 44.9. The minimum atomic E-state index is 0.677. The molecule has 0 spiro atoms. The minimum absolute atomic E-state index is 0.677. The summed E-state index contributed by atoms with van der Waals surface area (Å²) in [5.41, 5.74) is 2.97. The van der Waals surface area contributed by atoms with E-state index in [1.807, 2.05) is 0 Å². The van der Waals surface area contributed by atoms with Crippen molar-refractivity contribution in [2.24, 2.45) is 17.8 Å². The van der Waals surface area contributed by atoms with Gasteiger partial charge in [-0.2, -0.15) is 0 Å². The van der Waals surface area contributed by atoms with Crippen LogP contribution >= 0.6 is 15.9 Å². The van der Waals surface area contributed by atoms with Crippen LogP contribution < -0.4 is 5.32 Å². The molecule has 3 saturated heterocycles. The summed E-state index contributed by atoms with van der Waals surface area (Å²) in [6.45, 7) is 5.09. The number of benzene rings is 1. The number of piperidine rings is 2. The molecule has 1 aromatic rings. The zero-order valence-corrected chi connectivity index (χ0v) is 14.8. The summed E-state index contributed by atoms with van der Waals surface area (Å²) in [5, 5.41) is 3.94. The number of rotatable bonds is 1. The number of anilines is 1. The molecule has 22 heavy (non-hydrogen) atoms. The van der Waals surface area contributed by atoms with Crippen molar-refractivity contribution < 1.29 is 0 Å². The Morgan fingerprint density at radius 1 is 1.32 bits per heavy atom. The van der Waals surface area contributed by atoms with Crippen LogP contribution in [0, 0.1) is 17.8 Å². The van der Waals surface area contributed by atoms with E-state index in [0.29, 0.717) is 6.04 Å². The van der Waals surface area contributed by atoms with Gasteiger partial charge in [0.25, 0.3) is 0 Å². The fourth-order valence-corrected chi connectivity index (χ4v) is 6.59. The maximum Gasteiger partial charge on any atom is 0.0379 e. The van der Waals surface area contributed by atoms with Gasteiger partial charge in [0.1, 0.15) is 0 Å². The Balaban J connectivity index is 1.55. The molecule has 5 aliphatic rings. The fourth-order valence-electron chi connectivity index (χ4n) is 6.21. The quantitative estimate of drug-likeness (QED) is 0.794. The molecule has 0 aromatic heterocycles. The first-order valence-electron chi connectivity index (χ1n) is 9.04. The van der Waals surface area contributed by atoms with Crippen LogP contribution in [0.2, 0.25) is 0 Å². The van der Waals surface area contributed by atoms with Gasteiger partial charge in [-0.25, -0.2) is 0 Å². The lowest BCUT2D eigenvalue weighted by molar-refractivity contribution is -0.0383. The SMILES string of the molecule is CCC1CC2CC3C4Nc5ccc(Br)cc5C4CCN(C2)C13. The van der Waals surface area contributed by atoms with Gasteiger partial charge in [0.2, 0.25) is 0 Å². The van der Waals surface area contributed by atoms with Crippen LogP contribution in [0.1, 0.15) is 44.1 Å². The van der Waals surface area contributed by atoms with Gasteiger partial charge in [-0.3, -0.25) is 4.90 Å². The summed E-state index contributed by atoms with van der Waals surface area (Å²) < 4.78 is 1.23. The standard InChI is InChI=1S/C19H25BrN2/c1-2-12-7-11-8-16-18-14(5-6-22(10-11)19(12)16)15-9-13(20)3-4-17(15)21-18/h3-4,9,11-12,14,16,18-19,21H,2,5-8,10H2,1H3. The molecular weight excluding hydrogens is 336 g/mol. The molecule has 1 saturated carbocycles. The molecule has 1 aliphatic carbocycles. The molecule has 118 valence electrons. The summed E-state index contributed by atoms with van der Waals surface area (Å²) in [4.78, 5) is 2.87. The molecule has 1 N–H and O–H groups in total. The molecule has 0 radical (unpaired) electrons. The molecule has 4 heterocycles. The van der Waals surface area contributed by atoms with Crippen molar-refractivity contribution in [2.75, 3.05) is 18.4 Å². The highest BCUT2D eigenvalue weighted by Crippen LogP contribution is 2.53. The lowest BCUT2D eigenvalue weighted by Crippen LogP contribution is -2.59. The predicted molar refractivity (Wildman–Crippen MR) is 94.3 cm³/mol. The van der Waals surface area contributed by atoms with E-state index in [-0.39, 0.29) is 0 Å². The predicted octanol–water partition coefficient (Wildman–Crippen LogP) is 4.47. The van der Waals surface area contributed by atoms with Crippen molar-refractivity contribution in [3.05, 3.63) is 28.2 Å². The van der Waals surface area contributed by atoms with Crippen LogP contribution in [-0.2, 0) is 0 Å². The summed E-state index contributed by atoms with van der Waals surface area (Å²) in [6, 6.07) is 8.36. The van der Waals surface area contributed by atoms with E-state index in [1.165, 1.54) is 48.9 Å². The highest BCUT2D eigenvalue weighted by atomic mass is 79.9. The Hall–Kier alpha value is -0.540. The Labute approximate surface area is 141 Å². The molecule has 0 amide bonds. The first kappa shape index (κ1) is 13.9. The lowest BCUT2D eigenvalue weighted by Gasteiger charge is -2.54. The summed E-state index contributed by atoms with van der Waals surface area (Å²) in [7, 11) is 0. The van der Waals surface area contributed by atoms with Gasteiger partial charge in [0.15, 0.2) is 0 Å². The van der Waals surface area contributed by atoms with E-state index in [0.717, 1.165) is 29.7 Å². The zero-order valence-electron chi connectivity index (χ0n) is 13.3. The van der Waals surface area contributed by atoms with Crippen molar-refractivity contribution >= 4 is 21.6 Å². The fraction of sp³-hybridized carbons (Fsp3) is 0.684. The molecule has 4 bridgehead atoms. The second kappa shape index (κ2) is 4.98. The van der Waals surface area contributed by atoms with Crippen molar-refractivity contribution in [3.8, 4) is 0 Å². The topological polar surface area (TPSA) is 15.3 Å². The lowest BCUT2D eigenvalue weighted by atomic mass is 9.63. The number of nitrogens with one attached hydrogen (secondary N) is 1. The molecule has 4 fully saturated rings. The van der Waals surface area contributed by atoms with Gasteiger partial charge in [-0.05, 0) is 67.3 Å². The third-order valence-corrected chi connectivity index (χ3v) is 7.45. The molecule has 2 nitrogen and oxygen atoms in total. The highest BCUT2D eigenvalue weighted by molar-refractivity contribution is 9.10. The van der Waals surface area contributed by atoms with E-state index >= 15 is 0 Å². The van der Waals surface area contributed by atoms with E-state index < -0.39 is 0 Å². The Morgan fingerprint density at radius 3 is 3.09 bits per heavy atom. The number of hydrogen-bond donors (Lipinski definition) is 1. The molecule has 1 aromatic carbocycles. The van der Waals surface area contributed by atoms with Crippen LogP contribution in [0.5, 0.6) is 0 Å². The van der Waals surface area contributed by atoms with Crippen molar-refractivity contribution in [3.63, 3.8) is 0 Å². The van der Waals surface area contributed by atoms with Crippen LogP contribution in [-0.4, -0.2) is 30.1 Å². The average Bonchev–Trinajstić information content (AvgIpc) is 2.85. The molecular formula is C19H25BrN2. The van der Waals surface area contributed by atoms with Crippen LogP contribution in [0.4, 0.5) is 5.69 Å². The highest BCUT2D eigenvalue weighted by Gasteiger charge is 2.53. The van der Waals surface area contributed by atoms with E-state index in [9.17, 15) is 0 Å². The summed E-state index contributed by atoms with van der Waals surface area (Å²) in [6.07, 6.45) is 5.65. The molecule has 4 aliphatic heterocycles. The third-order valence-electron chi connectivity index (χ3n) is 6.96. The Kier molecular flexibility index (Phi) is 3.13. The van der Waals surface area contributed by atoms with E-state index in [1.54, 1.807) is 5.56 Å². The Morgan fingerprint density at radius 2 is 2.23 bits per heavy atom. The van der Waals surface area contributed by atoms with Gasteiger partial charge in [-0.15, -0.1) is 0 Å². The number of fused-ring (bicyclic) bond motifs is 4. The molecule has 3 heteroatoms. The molecule has 6 rings (SSSR count). The van der Waals surface area contributed by atoms with Gasteiger partial charge in [-0.1, -0.05) is 29.3 Å². The summed E-state index contributed by atoms with van der Waals surface area (Å²) in [5.74, 6) is 3.47. The van der Waals surface area contributed by atoms with Crippen molar-refractivity contribution in [1.82, 2.24) is 4.90 Å². The second-order valence-corrected chi connectivity index (χ2v) is 8.87. The van der Waals surface area contributed by atoms with Crippen molar-refractivity contribution in [2.45, 2.75) is 50.6 Å². The first-order valence-corrected chi connectivity index (χ1v) is 9.84. The third kappa shape index (κ3) is 1.88. The number of hydrogen-bond acceptors (Lipinski definition) is 2. The van der Waals surface area contributed by atoms with Crippen LogP contribution in [0.15, 0.2) is 22.7 Å². The second-order valence-electron chi connectivity index (χ2n) is 7.95. The average molecular weight is 361 g/mol. The number of nitrogens with zero attached hydrogens (tertiary/aromatic N) is 1. The van der Waals surface area contributed by atoms with E-state index in [4.69, 9.17) is 0 Å². The smallest absolute Gasteiger partial charge is 0.0379 e. The summed E-state index contributed by atoms with van der Waals surface area (Å²) >= 11 is 3.67. The van der Waals surface area contributed by atoms with Crippen LogP contribution in [0.25, 0.3) is 0 Å². The maximum atomic E-state index is 3.94. The van der Waals surface area contributed by atoms with Gasteiger partial charge < -0.3 is 5.32 Å². The number of halogens is 1. The van der Waals surface area contributed by atoms with Crippen molar-refractivity contribution in [1.29, 1.82) is 0 Å². The van der Waals surface area contributed by atoms with Crippen LogP contribution in [0.3, 0.4) is 0 Å².